The lowest BCUT2D eigenvalue weighted by atomic mass is 9.68. The van der Waals surface area contributed by atoms with E-state index in [0.717, 1.165) is 49.2 Å². The van der Waals surface area contributed by atoms with Gasteiger partial charge in [0.25, 0.3) is 0 Å². The summed E-state index contributed by atoms with van der Waals surface area (Å²) in [4.78, 5) is 14.9. The van der Waals surface area contributed by atoms with Crippen LogP contribution in [0.5, 0.6) is 0 Å². The minimum Gasteiger partial charge on any atom is -0.481 e. The summed E-state index contributed by atoms with van der Waals surface area (Å²) in [7, 11) is 0. The van der Waals surface area contributed by atoms with Crippen molar-refractivity contribution in [2.24, 2.45) is 5.92 Å². The van der Waals surface area contributed by atoms with E-state index in [1.165, 1.54) is 0 Å². The lowest BCUT2D eigenvalue weighted by molar-refractivity contribution is -0.146. The van der Waals surface area contributed by atoms with Gasteiger partial charge in [0.1, 0.15) is 0 Å². The lowest BCUT2D eigenvalue weighted by Gasteiger charge is -2.37. The zero-order valence-corrected chi connectivity index (χ0v) is 16.3. The molecule has 2 aromatic rings. The van der Waals surface area contributed by atoms with Gasteiger partial charge in [0, 0.05) is 13.1 Å². The Balaban J connectivity index is 0.00000243. The summed E-state index contributed by atoms with van der Waals surface area (Å²) in [5.74, 6) is -0.732. The zero-order chi connectivity index (χ0) is 17.9. The van der Waals surface area contributed by atoms with Crippen LogP contribution in [-0.2, 0) is 14.9 Å². The summed E-state index contributed by atoms with van der Waals surface area (Å²) in [6.07, 6.45) is 0.605. The molecule has 5 heteroatoms. The highest BCUT2D eigenvalue weighted by Gasteiger charge is 2.44. The Morgan fingerprint density at radius 3 is 2.46 bits per heavy atom. The molecule has 0 aliphatic carbocycles. The molecule has 1 fully saturated rings. The first-order valence-electron chi connectivity index (χ1n) is 9.07. The number of carboxylic acids is 1. The number of rotatable bonds is 6. The molecule has 0 amide bonds. The summed E-state index contributed by atoms with van der Waals surface area (Å²) in [5, 5.41) is 12.4. The fourth-order valence-corrected chi connectivity index (χ4v) is 3.98. The van der Waals surface area contributed by atoms with Crippen LogP contribution < -0.4 is 0 Å². The van der Waals surface area contributed by atoms with Gasteiger partial charge in [-0.3, -0.25) is 9.69 Å². The van der Waals surface area contributed by atoms with Crippen molar-refractivity contribution in [3.05, 3.63) is 48.0 Å². The predicted molar refractivity (Wildman–Crippen MR) is 107 cm³/mol. The largest absolute Gasteiger partial charge is 0.481 e. The number of hydrogen-bond donors (Lipinski definition) is 1. The Morgan fingerprint density at radius 2 is 1.81 bits per heavy atom. The fourth-order valence-electron chi connectivity index (χ4n) is 3.98. The van der Waals surface area contributed by atoms with E-state index in [1.807, 2.05) is 56.3 Å². The Hall–Kier alpha value is -1.62. The number of aliphatic carboxylic acids is 1. The molecular weight excluding hydrogens is 350 g/mol. The molecule has 1 aliphatic heterocycles. The van der Waals surface area contributed by atoms with Crippen molar-refractivity contribution >= 4 is 29.1 Å². The number of ether oxygens (including phenoxy) is 1. The second kappa shape index (κ2) is 8.85. The standard InChI is InChI=1S/C21H27NO3.ClH/c1-16(2)21(20(23)24,10-11-22-12-14-25-15-13-22)19-9-5-7-17-6-3-4-8-18(17)19;/h3-9,16H,10-15H2,1-2H3,(H,23,24);1H. The summed E-state index contributed by atoms with van der Waals surface area (Å²) in [5.41, 5.74) is 0.0421. The molecule has 2 aromatic carbocycles. The number of halogens is 1. The normalized spacial score (nSPS) is 17.7. The molecule has 1 heterocycles. The molecule has 0 spiro atoms. The van der Waals surface area contributed by atoms with E-state index in [1.54, 1.807) is 0 Å². The highest BCUT2D eigenvalue weighted by molar-refractivity contribution is 5.93. The molecule has 1 unspecified atom stereocenters. The number of hydrogen-bond acceptors (Lipinski definition) is 3. The van der Waals surface area contributed by atoms with Crippen molar-refractivity contribution in [2.75, 3.05) is 32.8 Å². The third kappa shape index (κ3) is 3.88. The maximum atomic E-state index is 12.5. The summed E-state index contributed by atoms with van der Waals surface area (Å²) in [6, 6.07) is 14.1. The monoisotopic (exact) mass is 377 g/mol. The Labute approximate surface area is 161 Å². The molecule has 1 N–H and O–H groups in total. The maximum Gasteiger partial charge on any atom is 0.314 e. The van der Waals surface area contributed by atoms with Gasteiger partial charge in [0.15, 0.2) is 0 Å². The van der Waals surface area contributed by atoms with Crippen molar-refractivity contribution in [3.8, 4) is 0 Å². The van der Waals surface area contributed by atoms with E-state index in [-0.39, 0.29) is 18.3 Å². The van der Waals surface area contributed by atoms with Crippen molar-refractivity contribution in [1.82, 2.24) is 4.90 Å². The fraction of sp³-hybridized carbons (Fsp3) is 0.476. The highest BCUT2D eigenvalue weighted by Crippen LogP contribution is 2.40. The van der Waals surface area contributed by atoms with Crippen LogP contribution in [0.15, 0.2) is 42.5 Å². The van der Waals surface area contributed by atoms with E-state index in [4.69, 9.17) is 4.74 Å². The van der Waals surface area contributed by atoms with Gasteiger partial charge in [-0.05, 0) is 35.2 Å². The zero-order valence-electron chi connectivity index (χ0n) is 15.5. The number of benzene rings is 2. The highest BCUT2D eigenvalue weighted by atomic mass is 35.5. The average Bonchev–Trinajstić information content (AvgIpc) is 2.62. The first-order chi connectivity index (χ1) is 12.1. The van der Waals surface area contributed by atoms with Crippen LogP contribution in [0.1, 0.15) is 25.8 Å². The second-order valence-corrected chi connectivity index (χ2v) is 7.16. The molecule has 0 radical (unpaired) electrons. The first-order valence-corrected chi connectivity index (χ1v) is 9.07. The van der Waals surface area contributed by atoms with E-state index < -0.39 is 11.4 Å². The average molecular weight is 378 g/mol. The molecule has 1 atom stereocenters. The van der Waals surface area contributed by atoms with Crippen LogP contribution in [0.4, 0.5) is 0 Å². The first kappa shape index (κ1) is 20.7. The second-order valence-electron chi connectivity index (χ2n) is 7.16. The van der Waals surface area contributed by atoms with Gasteiger partial charge in [0.05, 0.1) is 18.6 Å². The van der Waals surface area contributed by atoms with Crippen LogP contribution in [0.2, 0.25) is 0 Å². The van der Waals surface area contributed by atoms with E-state index >= 15 is 0 Å². The van der Waals surface area contributed by atoms with Crippen LogP contribution in [0.3, 0.4) is 0 Å². The molecule has 1 saturated heterocycles. The number of morpholine rings is 1. The summed E-state index contributed by atoms with van der Waals surface area (Å²) in [6.45, 7) is 8.04. The van der Waals surface area contributed by atoms with Gasteiger partial charge in [0.2, 0.25) is 0 Å². The van der Waals surface area contributed by atoms with E-state index in [0.29, 0.717) is 6.42 Å². The molecule has 26 heavy (non-hydrogen) atoms. The van der Waals surface area contributed by atoms with Crippen molar-refractivity contribution in [1.29, 1.82) is 0 Å². The van der Waals surface area contributed by atoms with Crippen LogP contribution in [0, 0.1) is 5.92 Å². The molecule has 3 rings (SSSR count). The van der Waals surface area contributed by atoms with Crippen molar-refractivity contribution in [3.63, 3.8) is 0 Å². The van der Waals surface area contributed by atoms with Gasteiger partial charge < -0.3 is 9.84 Å². The third-order valence-corrected chi connectivity index (χ3v) is 5.56. The van der Waals surface area contributed by atoms with E-state index in [2.05, 4.69) is 4.90 Å². The molecule has 1 aliphatic rings. The minimum atomic E-state index is -0.890. The number of nitrogens with zero attached hydrogens (tertiary/aromatic N) is 1. The third-order valence-electron chi connectivity index (χ3n) is 5.56. The Bertz CT molecular complexity index is 738. The predicted octanol–water partition coefficient (Wildman–Crippen LogP) is 3.96. The lowest BCUT2D eigenvalue weighted by Crippen LogP contribution is -2.46. The summed E-state index contributed by atoms with van der Waals surface area (Å²) < 4.78 is 5.41. The van der Waals surface area contributed by atoms with Crippen molar-refractivity contribution in [2.45, 2.75) is 25.7 Å². The quantitative estimate of drug-likeness (QED) is 0.827. The van der Waals surface area contributed by atoms with Gasteiger partial charge >= 0.3 is 5.97 Å². The van der Waals surface area contributed by atoms with Crippen LogP contribution in [-0.4, -0.2) is 48.8 Å². The maximum absolute atomic E-state index is 12.5. The summed E-state index contributed by atoms with van der Waals surface area (Å²) >= 11 is 0. The van der Waals surface area contributed by atoms with Gasteiger partial charge in [-0.1, -0.05) is 56.3 Å². The SMILES string of the molecule is CC(C)C(CCN1CCOCC1)(C(=O)O)c1cccc2ccccc12.Cl. The van der Waals surface area contributed by atoms with Gasteiger partial charge in [-0.15, -0.1) is 12.4 Å². The van der Waals surface area contributed by atoms with Gasteiger partial charge in [-0.2, -0.15) is 0 Å². The Morgan fingerprint density at radius 1 is 1.15 bits per heavy atom. The number of carbonyl (C=O) groups is 1. The van der Waals surface area contributed by atoms with Gasteiger partial charge in [-0.25, -0.2) is 0 Å². The topological polar surface area (TPSA) is 49.8 Å². The molecule has 4 nitrogen and oxygen atoms in total. The molecular formula is C21H28ClNO3. The molecule has 0 aromatic heterocycles. The van der Waals surface area contributed by atoms with Crippen LogP contribution in [0.25, 0.3) is 10.8 Å². The van der Waals surface area contributed by atoms with Crippen molar-refractivity contribution < 1.29 is 14.6 Å². The smallest absolute Gasteiger partial charge is 0.314 e. The molecule has 0 saturated carbocycles. The Kier molecular flexibility index (Phi) is 7.04. The molecule has 0 bridgehead atoms. The van der Waals surface area contributed by atoms with E-state index in [9.17, 15) is 9.90 Å². The number of fused-ring (bicyclic) bond motifs is 1. The number of carboxylic acid groups (broad SMARTS) is 1. The molecule has 142 valence electrons. The minimum absolute atomic E-state index is 0. The van der Waals surface area contributed by atoms with Crippen LogP contribution >= 0.6 is 12.4 Å².